The van der Waals surface area contributed by atoms with E-state index in [2.05, 4.69) is 10.3 Å². The van der Waals surface area contributed by atoms with E-state index in [1.54, 1.807) is 14.2 Å². The number of rotatable bonds is 7. The molecule has 0 aliphatic rings. The molecular weight excluding hydrogens is 290 g/mol. The molecule has 0 aliphatic heterocycles. The second kappa shape index (κ2) is 8.68. The molecule has 5 nitrogen and oxygen atoms in total. The van der Waals surface area contributed by atoms with Crippen LogP contribution in [0.1, 0.15) is 12.0 Å². The number of aryl methyl sites for hydroxylation is 1. The summed E-state index contributed by atoms with van der Waals surface area (Å²) in [6.07, 6.45) is 1.73. The van der Waals surface area contributed by atoms with Crippen molar-refractivity contribution >= 4 is 11.6 Å². The van der Waals surface area contributed by atoms with E-state index < -0.39 is 0 Å². The van der Waals surface area contributed by atoms with Crippen LogP contribution in [-0.4, -0.2) is 26.7 Å². The third kappa shape index (κ3) is 5.21. The van der Waals surface area contributed by atoms with E-state index in [4.69, 9.17) is 15.2 Å². The smallest absolute Gasteiger partial charge is 0.193 e. The second-order valence-electron chi connectivity index (χ2n) is 5.04. The summed E-state index contributed by atoms with van der Waals surface area (Å²) in [4.78, 5) is 4.34. The molecule has 0 aliphatic carbocycles. The second-order valence-corrected chi connectivity index (χ2v) is 5.04. The van der Waals surface area contributed by atoms with Gasteiger partial charge in [-0.05, 0) is 48.7 Å². The molecule has 2 aromatic rings. The van der Waals surface area contributed by atoms with Crippen molar-refractivity contribution in [1.29, 1.82) is 0 Å². The van der Waals surface area contributed by atoms with E-state index in [1.165, 1.54) is 0 Å². The number of aliphatic imine (C=N–C) groups is 1. The Balaban J connectivity index is 1.86. The molecule has 0 bridgehead atoms. The highest BCUT2D eigenvalue weighted by Gasteiger charge is 2.04. The van der Waals surface area contributed by atoms with Gasteiger partial charge in [0.2, 0.25) is 0 Å². The monoisotopic (exact) mass is 313 g/mol. The molecule has 0 radical (unpaired) electrons. The van der Waals surface area contributed by atoms with Gasteiger partial charge in [0.05, 0.1) is 14.2 Å². The highest BCUT2D eigenvalue weighted by Crippen LogP contribution is 2.25. The molecule has 5 heteroatoms. The maximum atomic E-state index is 5.88. The molecule has 0 spiro atoms. The van der Waals surface area contributed by atoms with E-state index in [0.717, 1.165) is 35.6 Å². The third-order valence-corrected chi connectivity index (χ3v) is 3.42. The average molecular weight is 313 g/mol. The van der Waals surface area contributed by atoms with Crippen molar-refractivity contribution in [3.63, 3.8) is 0 Å². The predicted octanol–water partition coefficient (Wildman–Crippen LogP) is 3.06. The molecule has 2 aromatic carbocycles. The van der Waals surface area contributed by atoms with Crippen molar-refractivity contribution in [3.8, 4) is 11.5 Å². The van der Waals surface area contributed by atoms with Crippen molar-refractivity contribution in [2.45, 2.75) is 12.8 Å². The van der Waals surface area contributed by atoms with Crippen LogP contribution in [-0.2, 0) is 6.42 Å². The largest absolute Gasteiger partial charge is 0.497 e. The van der Waals surface area contributed by atoms with Crippen LogP contribution in [0.3, 0.4) is 0 Å². The molecule has 2 rings (SSSR count). The topological polar surface area (TPSA) is 68.9 Å². The van der Waals surface area contributed by atoms with Gasteiger partial charge >= 0.3 is 0 Å². The van der Waals surface area contributed by atoms with Gasteiger partial charge in [-0.3, -0.25) is 4.99 Å². The number of methoxy groups -OCH3 is 2. The summed E-state index contributed by atoms with van der Waals surface area (Å²) in [5.41, 5.74) is 7.92. The number of hydrogen-bond donors (Lipinski definition) is 2. The molecule has 0 heterocycles. The minimum atomic E-state index is 0.425. The van der Waals surface area contributed by atoms with Crippen LogP contribution < -0.4 is 20.5 Å². The van der Waals surface area contributed by atoms with Gasteiger partial charge < -0.3 is 20.5 Å². The molecule has 122 valence electrons. The lowest BCUT2D eigenvalue weighted by atomic mass is 10.1. The number of para-hydroxylation sites is 1. The van der Waals surface area contributed by atoms with E-state index >= 15 is 0 Å². The summed E-state index contributed by atoms with van der Waals surface area (Å²) >= 11 is 0. The Kier molecular flexibility index (Phi) is 6.29. The maximum Gasteiger partial charge on any atom is 0.193 e. The fraction of sp³-hybridized carbons (Fsp3) is 0.278. The molecule has 0 saturated carbocycles. The Bertz CT molecular complexity index is 642. The Morgan fingerprint density at radius 2 is 1.87 bits per heavy atom. The zero-order chi connectivity index (χ0) is 16.5. The normalized spacial score (nSPS) is 11.1. The Morgan fingerprint density at radius 1 is 1.09 bits per heavy atom. The number of nitrogens with zero attached hydrogens (tertiary/aromatic N) is 1. The van der Waals surface area contributed by atoms with Crippen molar-refractivity contribution in [2.24, 2.45) is 10.7 Å². The number of benzene rings is 2. The summed E-state index contributed by atoms with van der Waals surface area (Å²) in [7, 11) is 3.33. The highest BCUT2D eigenvalue weighted by molar-refractivity contribution is 5.92. The maximum absolute atomic E-state index is 5.88. The Labute approximate surface area is 137 Å². The van der Waals surface area contributed by atoms with Gasteiger partial charge in [0.15, 0.2) is 5.96 Å². The molecule has 0 aromatic heterocycles. The summed E-state index contributed by atoms with van der Waals surface area (Å²) in [5, 5.41) is 3.06. The molecular formula is C18H23N3O2. The number of guanidine groups is 1. The first-order valence-electron chi connectivity index (χ1n) is 7.56. The molecule has 23 heavy (non-hydrogen) atoms. The number of nitrogens with one attached hydrogen (secondary N) is 1. The summed E-state index contributed by atoms with van der Waals surface area (Å²) in [6, 6.07) is 15.6. The van der Waals surface area contributed by atoms with Crippen LogP contribution in [0.15, 0.2) is 53.5 Å². The van der Waals surface area contributed by atoms with Crippen LogP contribution in [0.2, 0.25) is 0 Å². The highest BCUT2D eigenvalue weighted by atomic mass is 16.5. The van der Waals surface area contributed by atoms with Crippen LogP contribution in [0.25, 0.3) is 0 Å². The SMILES string of the molecule is COc1ccc(OC)c(CCCN=C(N)Nc2ccccc2)c1. The number of anilines is 1. The zero-order valence-electron chi connectivity index (χ0n) is 13.6. The number of ether oxygens (including phenoxy) is 2. The van der Waals surface area contributed by atoms with Crippen molar-refractivity contribution < 1.29 is 9.47 Å². The van der Waals surface area contributed by atoms with Crippen LogP contribution in [0, 0.1) is 0 Å². The molecule has 3 N–H and O–H groups in total. The molecule has 0 saturated heterocycles. The van der Waals surface area contributed by atoms with Crippen LogP contribution in [0.5, 0.6) is 11.5 Å². The first-order valence-corrected chi connectivity index (χ1v) is 7.56. The fourth-order valence-corrected chi connectivity index (χ4v) is 2.26. The van der Waals surface area contributed by atoms with Gasteiger partial charge in [-0.1, -0.05) is 18.2 Å². The minimum absolute atomic E-state index is 0.425. The van der Waals surface area contributed by atoms with Crippen molar-refractivity contribution in [2.75, 3.05) is 26.1 Å². The first-order chi connectivity index (χ1) is 11.2. The zero-order valence-corrected chi connectivity index (χ0v) is 13.6. The predicted molar refractivity (Wildman–Crippen MR) is 94.4 cm³/mol. The van der Waals surface area contributed by atoms with Gasteiger partial charge in [-0.2, -0.15) is 0 Å². The lowest BCUT2D eigenvalue weighted by Crippen LogP contribution is -2.22. The van der Waals surface area contributed by atoms with Crippen molar-refractivity contribution in [1.82, 2.24) is 0 Å². The Morgan fingerprint density at radius 3 is 2.57 bits per heavy atom. The minimum Gasteiger partial charge on any atom is -0.497 e. The Hall–Kier alpha value is -2.69. The summed E-state index contributed by atoms with van der Waals surface area (Å²) in [5.74, 6) is 2.12. The van der Waals surface area contributed by atoms with Crippen molar-refractivity contribution in [3.05, 3.63) is 54.1 Å². The fourth-order valence-electron chi connectivity index (χ4n) is 2.26. The lowest BCUT2D eigenvalue weighted by molar-refractivity contribution is 0.398. The first kappa shape index (κ1) is 16.7. The van der Waals surface area contributed by atoms with E-state index in [9.17, 15) is 0 Å². The van der Waals surface area contributed by atoms with E-state index in [-0.39, 0.29) is 0 Å². The molecule has 0 unspecified atom stereocenters. The van der Waals surface area contributed by atoms with Gasteiger partial charge in [0, 0.05) is 12.2 Å². The quantitative estimate of drug-likeness (QED) is 0.468. The van der Waals surface area contributed by atoms with Gasteiger partial charge in [0.1, 0.15) is 11.5 Å². The third-order valence-electron chi connectivity index (χ3n) is 3.42. The van der Waals surface area contributed by atoms with Gasteiger partial charge in [0.25, 0.3) is 0 Å². The molecule has 0 atom stereocenters. The summed E-state index contributed by atoms with van der Waals surface area (Å²) < 4.78 is 10.6. The summed E-state index contributed by atoms with van der Waals surface area (Å²) in [6.45, 7) is 0.645. The average Bonchev–Trinajstić information content (AvgIpc) is 2.59. The van der Waals surface area contributed by atoms with E-state index in [1.807, 2.05) is 48.5 Å². The molecule has 0 fully saturated rings. The van der Waals surface area contributed by atoms with Gasteiger partial charge in [-0.25, -0.2) is 0 Å². The number of nitrogens with two attached hydrogens (primary N) is 1. The van der Waals surface area contributed by atoms with Crippen LogP contribution in [0.4, 0.5) is 5.69 Å². The molecule has 0 amide bonds. The van der Waals surface area contributed by atoms with Crippen LogP contribution >= 0.6 is 0 Å². The lowest BCUT2D eigenvalue weighted by Gasteiger charge is -2.10. The van der Waals surface area contributed by atoms with E-state index in [0.29, 0.717) is 12.5 Å². The number of hydrogen-bond acceptors (Lipinski definition) is 3. The van der Waals surface area contributed by atoms with Gasteiger partial charge in [-0.15, -0.1) is 0 Å². The standard InChI is InChI=1S/C18H23N3O2/c1-22-16-10-11-17(23-2)14(13-16)7-6-12-20-18(19)21-15-8-4-3-5-9-15/h3-5,8-11,13H,6-7,12H2,1-2H3,(H3,19,20,21).